The molecule has 0 aliphatic carbocycles. The van der Waals surface area contributed by atoms with Gasteiger partial charge in [0.1, 0.15) is 0 Å². The number of carbonyl (C=O) groups is 3. The summed E-state index contributed by atoms with van der Waals surface area (Å²) in [5, 5.41) is 0.434. The van der Waals surface area contributed by atoms with E-state index in [0.717, 1.165) is 4.90 Å². The lowest BCUT2D eigenvalue weighted by Gasteiger charge is -2.12. The molecule has 1 aliphatic heterocycles. The van der Waals surface area contributed by atoms with E-state index in [0.29, 0.717) is 21.7 Å². The molecule has 0 saturated carbocycles. The number of fused-ring (bicyclic) bond motifs is 1. The van der Waals surface area contributed by atoms with Crippen LogP contribution in [0.4, 0.5) is 0 Å². The zero-order valence-electron chi connectivity index (χ0n) is 10.9. The molecule has 0 saturated heterocycles. The number of hydrogen-bond donors (Lipinski definition) is 0. The minimum Gasteiger partial charge on any atom is -0.292 e. The lowest BCUT2D eigenvalue weighted by molar-refractivity contribution is 0.0624. The molecule has 4 nitrogen and oxygen atoms in total. The second kappa shape index (κ2) is 5.14. The van der Waals surface area contributed by atoms with Crippen molar-refractivity contribution in [3.8, 4) is 0 Å². The molecular weight excluding hydrogens is 290 g/mol. The van der Waals surface area contributed by atoms with Crippen LogP contribution >= 0.6 is 11.6 Å². The topological polar surface area (TPSA) is 54.5 Å². The number of halogens is 1. The summed E-state index contributed by atoms with van der Waals surface area (Å²) in [6.45, 7) is -0.285. The van der Waals surface area contributed by atoms with Gasteiger partial charge in [0, 0.05) is 10.6 Å². The first kappa shape index (κ1) is 13.5. The van der Waals surface area contributed by atoms with Crippen LogP contribution in [-0.2, 0) is 0 Å². The molecule has 2 aromatic rings. The number of carbonyl (C=O) groups excluding carboxylic acids is 3. The van der Waals surface area contributed by atoms with Crippen LogP contribution in [0.15, 0.2) is 48.5 Å². The van der Waals surface area contributed by atoms with E-state index in [4.69, 9.17) is 11.6 Å². The maximum absolute atomic E-state index is 12.2. The number of Topliss-reactive ketones (excluding diaryl/α,β-unsaturated/α-hetero) is 1. The standard InChI is InChI=1S/C16H10ClNO3/c17-11-5-3-4-10(8-11)14(19)9-18-15(20)12-6-1-2-7-13(12)16(18)21/h1-8H,9H2. The first-order valence-electron chi connectivity index (χ1n) is 6.32. The van der Waals surface area contributed by atoms with Crippen molar-refractivity contribution >= 4 is 29.2 Å². The Morgan fingerprint density at radius 3 is 2.14 bits per heavy atom. The Hall–Kier alpha value is -2.46. The molecule has 1 aliphatic rings. The van der Waals surface area contributed by atoms with Crippen molar-refractivity contribution in [3.05, 3.63) is 70.2 Å². The number of imide groups is 1. The highest BCUT2D eigenvalue weighted by molar-refractivity contribution is 6.31. The van der Waals surface area contributed by atoms with Crippen molar-refractivity contribution in [3.63, 3.8) is 0 Å². The number of nitrogens with zero attached hydrogens (tertiary/aromatic N) is 1. The molecule has 2 amide bonds. The number of rotatable bonds is 3. The Bertz CT molecular complexity index is 735. The third-order valence-corrected chi connectivity index (χ3v) is 3.56. The lowest BCUT2D eigenvalue weighted by atomic mass is 10.1. The van der Waals surface area contributed by atoms with Crippen LogP contribution in [0.1, 0.15) is 31.1 Å². The van der Waals surface area contributed by atoms with E-state index in [-0.39, 0.29) is 12.3 Å². The van der Waals surface area contributed by atoms with Gasteiger partial charge in [-0.2, -0.15) is 0 Å². The predicted molar refractivity (Wildman–Crippen MR) is 77.6 cm³/mol. The summed E-state index contributed by atoms with van der Waals surface area (Å²) >= 11 is 5.84. The Morgan fingerprint density at radius 2 is 1.57 bits per heavy atom. The van der Waals surface area contributed by atoms with Crippen molar-refractivity contribution in [2.45, 2.75) is 0 Å². The van der Waals surface area contributed by atoms with Gasteiger partial charge < -0.3 is 0 Å². The summed E-state index contributed by atoms with van der Waals surface area (Å²) in [5.41, 5.74) is 1.04. The van der Waals surface area contributed by atoms with Gasteiger partial charge in [0.25, 0.3) is 11.8 Å². The lowest BCUT2D eigenvalue weighted by Crippen LogP contribution is -2.34. The third kappa shape index (κ3) is 2.34. The van der Waals surface area contributed by atoms with E-state index in [1.165, 1.54) is 6.07 Å². The molecule has 3 rings (SSSR count). The van der Waals surface area contributed by atoms with Crippen LogP contribution in [0.3, 0.4) is 0 Å². The summed E-state index contributed by atoms with van der Waals surface area (Å²) in [4.78, 5) is 37.5. The number of benzene rings is 2. The fraction of sp³-hybridized carbons (Fsp3) is 0.0625. The largest absolute Gasteiger partial charge is 0.292 e. The number of amides is 2. The van der Waals surface area contributed by atoms with Crippen molar-refractivity contribution in [1.82, 2.24) is 4.90 Å². The second-order valence-electron chi connectivity index (χ2n) is 4.68. The summed E-state index contributed by atoms with van der Waals surface area (Å²) in [7, 11) is 0. The van der Waals surface area contributed by atoms with Crippen LogP contribution in [-0.4, -0.2) is 29.0 Å². The van der Waals surface area contributed by atoms with Gasteiger partial charge in [-0.05, 0) is 24.3 Å². The quantitative estimate of drug-likeness (QED) is 0.647. The average molecular weight is 300 g/mol. The van der Waals surface area contributed by atoms with Crippen LogP contribution in [0.5, 0.6) is 0 Å². The maximum atomic E-state index is 12.2. The predicted octanol–water partition coefficient (Wildman–Crippen LogP) is 2.82. The first-order chi connectivity index (χ1) is 10.1. The zero-order valence-corrected chi connectivity index (χ0v) is 11.6. The third-order valence-electron chi connectivity index (χ3n) is 3.33. The molecule has 0 aromatic heterocycles. The fourth-order valence-electron chi connectivity index (χ4n) is 2.28. The molecule has 104 valence electrons. The summed E-state index contributed by atoms with van der Waals surface area (Å²) in [5.74, 6) is -1.20. The molecule has 0 radical (unpaired) electrons. The highest BCUT2D eigenvalue weighted by Crippen LogP contribution is 2.23. The Kier molecular flexibility index (Phi) is 3.31. The Balaban J connectivity index is 1.85. The van der Waals surface area contributed by atoms with Crippen molar-refractivity contribution in [2.75, 3.05) is 6.54 Å². The van der Waals surface area contributed by atoms with Crippen LogP contribution in [0.25, 0.3) is 0 Å². The van der Waals surface area contributed by atoms with Crippen molar-refractivity contribution in [2.24, 2.45) is 0 Å². The Morgan fingerprint density at radius 1 is 0.952 bits per heavy atom. The van der Waals surface area contributed by atoms with Gasteiger partial charge in [0.05, 0.1) is 17.7 Å². The van der Waals surface area contributed by atoms with E-state index >= 15 is 0 Å². The highest BCUT2D eigenvalue weighted by atomic mass is 35.5. The number of hydrogen-bond acceptors (Lipinski definition) is 3. The van der Waals surface area contributed by atoms with Gasteiger partial charge >= 0.3 is 0 Å². The van der Waals surface area contributed by atoms with Gasteiger partial charge in [-0.15, -0.1) is 0 Å². The first-order valence-corrected chi connectivity index (χ1v) is 6.70. The SMILES string of the molecule is O=C(CN1C(=O)c2ccccc2C1=O)c1cccc(Cl)c1. The van der Waals surface area contributed by atoms with Gasteiger partial charge in [-0.25, -0.2) is 0 Å². The molecule has 2 aromatic carbocycles. The van der Waals surface area contributed by atoms with Gasteiger partial charge in [-0.1, -0.05) is 35.9 Å². The van der Waals surface area contributed by atoms with E-state index in [9.17, 15) is 14.4 Å². The minimum atomic E-state index is -0.439. The van der Waals surface area contributed by atoms with Crippen LogP contribution in [0, 0.1) is 0 Å². The van der Waals surface area contributed by atoms with E-state index < -0.39 is 11.8 Å². The second-order valence-corrected chi connectivity index (χ2v) is 5.11. The van der Waals surface area contributed by atoms with Gasteiger partial charge in [0.2, 0.25) is 0 Å². The molecule has 1 heterocycles. The Labute approximate surface area is 125 Å². The van der Waals surface area contributed by atoms with Crippen LogP contribution < -0.4 is 0 Å². The van der Waals surface area contributed by atoms with E-state index in [1.807, 2.05) is 0 Å². The van der Waals surface area contributed by atoms with Gasteiger partial charge in [-0.3, -0.25) is 19.3 Å². The normalized spacial score (nSPS) is 13.5. The molecule has 0 bridgehead atoms. The van der Waals surface area contributed by atoms with Crippen LogP contribution in [0.2, 0.25) is 5.02 Å². The molecule has 5 heteroatoms. The zero-order chi connectivity index (χ0) is 15.0. The minimum absolute atomic E-state index is 0.285. The molecule has 0 atom stereocenters. The molecule has 0 fully saturated rings. The summed E-state index contributed by atoms with van der Waals surface area (Å²) in [6, 6.07) is 13.0. The van der Waals surface area contributed by atoms with Crippen molar-refractivity contribution in [1.29, 1.82) is 0 Å². The van der Waals surface area contributed by atoms with Crippen molar-refractivity contribution < 1.29 is 14.4 Å². The molecular formula is C16H10ClNO3. The molecule has 21 heavy (non-hydrogen) atoms. The van der Waals surface area contributed by atoms with Gasteiger partial charge in [0.15, 0.2) is 5.78 Å². The average Bonchev–Trinajstić information content (AvgIpc) is 2.73. The molecule has 0 unspecified atom stereocenters. The maximum Gasteiger partial charge on any atom is 0.261 e. The summed E-state index contributed by atoms with van der Waals surface area (Å²) in [6.07, 6.45) is 0. The summed E-state index contributed by atoms with van der Waals surface area (Å²) < 4.78 is 0. The monoisotopic (exact) mass is 299 g/mol. The smallest absolute Gasteiger partial charge is 0.261 e. The highest BCUT2D eigenvalue weighted by Gasteiger charge is 2.36. The fourth-order valence-corrected chi connectivity index (χ4v) is 2.47. The van der Waals surface area contributed by atoms with E-state index in [2.05, 4.69) is 0 Å². The molecule has 0 spiro atoms. The number of ketones is 1. The molecule has 0 N–H and O–H groups in total. The van der Waals surface area contributed by atoms with E-state index in [1.54, 1.807) is 42.5 Å².